The third-order valence-electron chi connectivity index (χ3n) is 5.59. The van der Waals surface area contributed by atoms with Gasteiger partial charge in [-0.2, -0.15) is 0 Å². The van der Waals surface area contributed by atoms with E-state index in [1.807, 2.05) is 0 Å². The molecule has 1 spiro atoms. The summed E-state index contributed by atoms with van der Waals surface area (Å²) in [7, 11) is 0. The van der Waals surface area contributed by atoms with Crippen molar-refractivity contribution in [1.29, 1.82) is 0 Å². The van der Waals surface area contributed by atoms with Crippen LogP contribution in [0.15, 0.2) is 0 Å². The molecule has 0 aromatic rings. The Morgan fingerprint density at radius 1 is 0.889 bits per heavy atom. The lowest BCUT2D eigenvalue weighted by Gasteiger charge is -2.48. The van der Waals surface area contributed by atoms with Crippen LogP contribution in [0.25, 0.3) is 0 Å². The third-order valence-corrected chi connectivity index (χ3v) is 5.59. The van der Waals surface area contributed by atoms with Crippen molar-refractivity contribution >= 4 is 0 Å². The average Bonchev–Trinajstić information content (AvgIpc) is 2.68. The molecule has 2 saturated heterocycles. The molecular weight excluding hydrogens is 220 g/mol. The van der Waals surface area contributed by atoms with E-state index in [2.05, 4.69) is 10.2 Å². The van der Waals surface area contributed by atoms with Gasteiger partial charge in [0.1, 0.15) is 0 Å². The highest BCUT2D eigenvalue weighted by molar-refractivity contribution is 4.93. The van der Waals surface area contributed by atoms with E-state index in [1.165, 1.54) is 90.4 Å². The van der Waals surface area contributed by atoms with E-state index in [0.717, 1.165) is 6.04 Å². The van der Waals surface area contributed by atoms with Gasteiger partial charge in [0, 0.05) is 19.1 Å². The van der Waals surface area contributed by atoms with Crippen LogP contribution in [0.4, 0.5) is 0 Å². The number of hydrogen-bond acceptors (Lipinski definition) is 2. The highest BCUT2D eigenvalue weighted by Gasteiger charge is 2.38. The highest BCUT2D eigenvalue weighted by Crippen LogP contribution is 2.38. The first-order valence-corrected chi connectivity index (χ1v) is 8.33. The standard InChI is InChI=1S/C16H30N2/c1-2-4-8-15(7-3-1)18-12-6-10-16(14-18)9-5-11-17-13-16/h15,17H,1-14H2. The fourth-order valence-corrected chi connectivity index (χ4v) is 4.56. The Labute approximate surface area is 113 Å². The number of likely N-dealkylation sites (tertiary alicyclic amines) is 1. The van der Waals surface area contributed by atoms with Crippen molar-refractivity contribution in [3.05, 3.63) is 0 Å². The molecule has 18 heavy (non-hydrogen) atoms. The van der Waals surface area contributed by atoms with Crippen LogP contribution in [0.1, 0.15) is 64.2 Å². The smallest absolute Gasteiger partial charge is 0.00955 e. The zero-order valence-electron chi connectivity index (χ0n) is 11.9. The summed E-state index contributed by atoms with van der Waals surface area (Å²) in [5, 5.41) is 3.65. The predicted octanol–water partition coefficient (Wildman–Crippen LogP) is 3.17. The number of nitrogens with zero attached hydrogens (tertiary/aromatic N) is 1. The van der Waals surface area contributed by atoms with Crippen LogP contribution in [0.5, 0.6) is 0 Å². The largest absolute Gasteiger partial charge is 0.316 e. The zero-order chi connectivity index (χ0) is 12.3. The molecule has 3 rings (SSSR count). The lowest BCUT2D eigenvalue weighted by Crippen LogP contribution is -2.53. The summed E-state index contributed by atoms with van der Waals surface area (Å²) in [4.78, 5) is 2.88. The molecule has 0 aromatic carbocycles. The summed E-state index contributed by atoms with van der Waals surface area (Å²) in [5.41, 5.74) is 0.642. The molecule has 2 heteroatoms. The van der Waals surface area contributed by atoms with Gasteiger partial charge in [-0.3, -0.25) is 4.90 Å². The minimum absolute atomic E-state index is 0.642. The van der Waals surface area contributed by atoms with Crippen molar-refractivity contribution in [2.24, 2.45) is 5.41 Å². The molecule has 2 aliphatic heterocycles. The van der Waals surface area contributed by atoms with E-state index >= 15 is 0 Å². The average molecular weight is 250 g/mol. The summed E-state index contributed by atoms with van der Waals surface area (Å²) >= 11 is 0. The number of piperidine rings is 2. The quantitative estimate of drug-likeness (QED) is 0.719. The second-order valence-electron chi connectivity index (χ2n) is 7.00. The molecule has 0 amide bonds. The van der Waals surface area contributed by atoms with Gasteiger partial charge in [0.2, 0.25) is 0 Å². The molecule has 1 unspecified atom stereocenters. The predicted molar refractivity (Wildman–Crippen MR) is 76.8 cm³/mol. The minimum Gasteiger partial charge on any atom is -0.316 e. The van der Waals surface area contributed by atoms with Crippen LogP contribution >= 0.6 is 0 Å². The molecule has 1 atom stereocenters. The Morgan fingerprint density at radius 3 is 2.39 bits per heavy atom. The van der Waals surface area contributed by atoms with E-state index in [-0.39, 0.29) is 0 Å². The molecule has 3 fully saturated rings. The maximum Gasteiger partial charge on any atom is 0.00955 e. The fraction of sp³-hybridized carbons (Fsp3) is 1.00. The van der Waals surface area contributed by atoms with Crippen LogP contribution in [-0.4, -0.2) is 37.1 Å². The molecular formula is C16H30N2. The van der Waals surface area contributed by atoms with Gasteiger partial charge in [-0.25, -0.2) is 0 Å². The normalized spacial score (nSPS) is 36.7. The van der Waals surface area contributed by atoms with Gasteiger partial charge in [0.25, 0.3) is 0 Å². The molecule has 3 aliphatic rings. The number of nitrogens with one attached hydrogen (secondary N) is 1. The second kappa shape index (κ2) is 5.92. The van der Waals surface area contributed by atoms with Crippen molar-refractivity contribution in [3.8, 4) is 0 Å². The van der Waals surface area contributed by atoms with Crippen LogP contribution in [0.3, 0.4) is 0 Å². The van der Waals surface area contributed by atoms with Gasteiger partial charge in [0.15, 0.2) is 0 Å². The van der Waals surface area contributed by atoms with Crippen LogP contribution in [0, 0.1) is 5.41 Å². The van der Waals surface area contributed by atoms with Crippen LogP contribution < -0.4 is 5.32 Å². The Balaban J connectivity index is 1.61. The van der Waals surface area contributed by atoms with Crippen molar-refractivity contribution in [1.82, 2.24) is 10.2 Å². The summed E-state index contributed by atoms with van der Waals surface area (Å²) in [6, 6.07) is 0.923. The highest BCUT2D eigenvalue weighted by atomic mass is 15.2. The van der Waals surface area contributed by atoms with E-state index < -0.39 is 0 Å². The molecule has 1 N–H and O–H groups in total. The fourth-order valence-electron chi connectivity index (χ4n) is 4.56. The first kappa shape index (κ1) is 12.9. The topological polar surface area (TPSA) is 15.3 Å². The Hall–Kier alpha value is -0.0800. The molecule has 1 saturated carbocycles. The summed E-state index contributed by atoms with van der Waals surface area (Å²) in [6.07, 6.45) is 14.7. The summed E-state index contributed by atoms with van der Waals surface area (Å²) in [6.45, 7) is 5.32. The van der Waals surface area contributed by atoms with Gasteiger partial charge in [-0.1, -0.05) is 25.7 Å². The monoisotopic (exact) mass is 250 g/mol. The molecule has 0 bridgehead atoms. The number of rotatable bonds is 1. The van der Waals surface area contributed by atoms with E-state index in [1.54, 1.807) is 0 Å². The first-order valence-electron chi connectivity index (χ1n) is 8.33. The van der Waals surface area contributed by atoms with Crippen LogP contribution in [-0.2, 0) is 0 Å². The maximum atomic E-state index is 3.65. The molecule has 1 aliphatic carbocycles. The molecule has 2 heterocycles. The molecule has 0 aromatic heterocycles. The van der Waals surface area contributed by atoms with Gasteiger partial charge < -0.3 is 5.32 Å². The van der Waals surface area contributed by atoms with Crippen molar-refractivity contribution in [2.75, 3.05) is 26.2 Å². The second-order valence-corrected chi connectivity index (χ2v) is 7.00. The minimum atomic E-state index is 0.642. The van der Waals surface area contributed by atoms with Gasteiger partial charge in [-0.15, -0.1) is 0 Å². The SMILES string of the molecule is C1CCCC(N2CCCC3(CCCNC3)C2)CC1. The van der Waals surface area contributed by atoms with Crippen molar-refractivity contribution < 1.29 is 0 Å². The van der Waals surface area contributed by atoms with Gasteiger partial charge in [-0.05, 0) is 57.0 Å². The third kappa shape index (κ3) is 2.91. The summed E-state index contributed by atoms with van der Waals surface area (Å²) in [5.74, 6) is 0. The van der Waals surface area contributed by atoms with Crippen molar-refractivity contribution in [2.45, 2.75) is 70.3 Å². The molecule has 2 nitrogen and oxygen atoms in total. The zero-order valence-corrected chi connectivity index (χ0v) is 11.9. The van der Waals surface area contributed by atoms with E-state index in [0.29, 0.717) is 5.41 Å². The lowest BCUT2D eigenvalue weighted by molar-refractivity contribution is 0.0329. The lowest BCUT2D eigenvalue weighted by atomic mass is 9.74. The Morgan fingerprint density at radius 2 is 1.67 bits per heavy atom. The van der Waals surface area contributed by atoms with Gasteiger partial charge in [0.05, 0.1) is 0 Å². The molecule has 0 radical (unpaired) electrons. The van der Waals surface area contributed by atoms with E-state index in [4.69, 9.17) is 0 Å². The summed E-state index contributed by atoms with van der Waals surface area (Å²) < 4.78 is 0. The van der Waals surface area contributed by atoms with E-state index in [9.17, 15) is 0 Å². The van der Waals surface area contributed by atoms with Crippen LogP contribution in [0.2, 0.25) is 0 Å². The number of hydrogen-bond donors (Lipinski definition) is 1. The van der Waals surface area contributed by atoms with Gasteiger partial charge >= 0.3 is 0 Å². The Kier molecular flexibility index (Phi) is 4.25. The Bertz CT molecular complexity index is 244. The molecule has 104 valence electrons. The maximum absolute atomic E-state index is 3.65. The first-order chi connectivity index (χ1) is 8.88. The van der Waals surface area contributed by atoms with Crippen molar-refractivity contribution in [3.63, 3.8) is 0 Å².